The maximum Gasteiger partial charge on any atom is 0.315 e. The largest absolute Gasteiger partial charge is 0.407 e. The molecule has 2 rings (SSSR count). The van der Waals surface area contributed by atoms with Crippen molar-refractivity contribution in [2.75, 3.05) is 11.9 Å². The number of nitrogens with zero attached hydrogens (tertiary/aromatic N) is 2. The molecule has 84 valence electrons. The van der Waals surface area contributed by atoms with Crippen molar-refractivity contribution in [3.05, 3.63) is 5.89 Å². The second-order valence-corrected chi connectivity index (χ2v) is 4.27. The van der Waals surface area contributed by atoms with Crippen molar-refractivity contribution in [2.45, 2.75) is 38.0 Å². The van der Waals surface area contributed by atoms with Crippen molar-refractivity contribution >= 4 is 17.6 Å². The first-order chi connectivity index (χ1) is 7.38. The van der Waals surface area contributed by atoms with Gasteiger partial charge in [0.1, 0.15) is 5.88 Å². The average molecular weight is 230 g/mol. The molecule has 0 bridgehead atoms. The molecule has 0 spiro atoms. The molecule has 0 atom stereocenters. The minimum atomic E-state index is 0.275. The van der Waals surface area contributed by atoms with E-state index >= 15 is 0 Å². The summed E-state index contributed by atoms with van der Waals surface area (Å²) in [5, 5.41) is 10.7. The van der Waals surface area contributed by atoms with E-state index in [9.17, 15) is 0 Å². The van der Waals surface area contributed by atoms with Crippen LogP contribution < -0.4 is 5.32 Å². The van der Waals surface area contributed by atoms with E-state index in [1.54, 1.807) is 0 Å². The van der Waals surface area contributed by atoms with Crippen LogP contribution in [0.3, 0.4) is 0 Å². The van der Waals surface area contributed by atoms with Crippen LogP contribution in [0.5, 0.6) is 0 Å². The Balaban J connectivity index is 1.68. The first kappa shape index (κ1) is 10.7. The third-order valence-electron chi connectivity index (χ3n) is 2.88. The van der Waals surface area contributed by atoms with Crippen molar-refractivity contribution in [3.63, 3.8) is 0 Å². The van der Waals surface area contributed by atoms with Crippen LogP contribution in [-0.4, -0.2) is 16.7 Å². The Bertz CT molecular complexity index is 297. The highest BCUT2D eigenvalue weighted by Gasteiger charge is 2.14. The fourth-order valence-electron chi connectivity index (χ4n) is 2.06. The molecular formula is C10H16ClN3O. The lowest BCUT2D eigenvalue weighted by molar-refractivity contribution is 0.499. The Labute approximate surface area is 94.4 Å². The maximum absolute atomic E-state index is 5.55. The van der Waals surface area contributed by atoms with Crippen LogP contribution in [0, 0.1) is 5.92 Å². The zero-order valence-corrected chi connectivity index (χ0v) is 9.46. The molecule has 0 aliphatic heterocycles. The van der Waals surface area contributed by atoms with Crippen LogP contribution >= 0.6 is 11.6 Å². The van der Waals surface area contributed by atoms with Gasteiger partial charge in [-0.3, -0.25) is 0 Å². The molecule has 1 fully saturated rings. The summed E-state index contributed by atoms with van der Waals surface area (Å²) in [6, 6.07) is 0.489. The van der Waals surface area contributed by atoms with Gasteiger partial charge in [-0.05, 0) is 12.3 Å². The van der Waals surface area contributed by atoms with E-state index < -0.39 is 0 Å². The molecule has 4 nitrogen and oxygen atoms in total. The van der Waals surface area contributed by atoms with Crippen LogP contribution in [-0.2, 0) is 5.88 Å². The van der Waals surface area contributed by atoms with E-state index in [-0.39, 0.29) is 5.88 Å². The molecule has 1 aliphatic rings. The number of rotatable bonds is 5. The molecule has 0 unspecified atom stereocenters. The molecule has 0 radical (unpaired) electrons. The standard InChI is InChI=1S/C10H16ClN3O/c11-7-9-13-14-10(15-9)12-6-5-8-3-1-2-4-8/h8H,1-7H2,(H,12,14). The van der Waals surface area contributed by atoms with E-state index in [0.717, 1.165) is 12.5 Å². The van der Waals surface area contributed by atoms with Crippen LogP contribution in [0.15, 0.2) is 4.42 Å². The van der Waals surface area contributed by atoms with Gasteiger partial charge in [-0.25, -0.2) is 0 Å². The van der Waals surface area contributed by atoms with E-state index in [1.807, 2.05) is 0 Å². The highest BCUT2D eigenvalue weighted by Crippen LogP contribution is 2.27. The molecule has 0 saturated heterocycles. The van der Waals surface area contributed by atoms with E-state index in [0.29, 0.717) is 11.9 Å². The predicted octanol–water partition coefficient (Wildman–Crippen LogP) is 2.80. The number of halogens is 1. The normalized spacial score (nSPS) is 17.1. The van der Waals surface area contributed by atoms with Gasteiger partial charge < -0.3 is 9.73 Å². The van der Waals surface area contributed by atoms with Gasteiger partial charge in [0.05, 0.1) is 0 Å². The van der Waals surface area contributed by atoms with Gasteiger partial charge in [-0.2, -0.15) is 0 Å². The molecule has 1 aromatic rings. The van der Waals surface area contributed by atoms with E-state index in [1.165, 1.54) is 32.1 Å². The van der Waals surface area contributed by atoms with Gasteiger partial charge >= 0.3 is 6.01 Å². The van der Waals surface area contributed by atoms with Gasteiger partial charge in [-0.15, -0.1) is 16.7 Å². The quantitative estimate of drug-likeness (QED) is 0.789. The van der Waals surface area contributed by atoms with Crippen LogP contribution in [0.1, 0.15) is 38.0 Å². The number of nitrogens with one attached hydrogen (secondary N) is 1. The lowest BCUT2D eigenvalue weighted by atomic mass is 10.0. The summed E-state index contributed by atoms with van der Waals surface area (Å²) in [6.45, 7) is 0.911. The monoisotopic (exact) mass is 229 g/mol. The SMILES string of the molecule is ClCc1nnc(NCCC2CCCC2)o1. The second kappa shape index (κ2) is 5.35. The minimum Gasteiger partial charge on any atom is -0.407 e. The zero-order valence-electron chi connectivity index (χ0n) is 8.71. The van der Waals surface area contributed by atoms with Crippen molar-refractivity contribution < 1.29 is 4.42 Å². The fourth-order valence-corrected chi connectivity index (χ4v) is 2.17. The summed E-state index contributed by atoms with van der Waals surface area (Å²) < 4.78 is 5.23. The molecular weight excluding hydrogens is 214 g/mol. The Morgan fingerprint density at radius 3 is 2.80 bits per heavy atom. The van der Waals surface area contributed by atoms with E-state index in [4.69, 9.17) is 16.0 Å². The molecule has 1 aliphatic carbocycles. The second-order valence-electron chi connectivity index (χ2n) is 4.00. The Morgan fingerprint density at radius 2 is 2.13 bits per heavy atom. The van der Waals surface area contributed by atoms with Gasteiger partial charge in [0.15, 0.2) is 0 Å². The van der Waals surface area contributed by atoms with E-state index in [2.05, 4.69) is 15.5 Å². The number of hydrogen-bond donors (Lipinski definition) is 1. The van der Waals surface area contributed by atoms with Crippen LogP contribution in [0.4, 0.5) is 6.01 Å². The molecule has 0 aromatic carbocycles. The lowest BCUT2D eigenvalue weighted by Crippen LogP contribution is -2.06. The Hall–Kier alpha value is -0.770. The van der Waals surface area contributed by atoms with Crippen LogP contribution in [0.2, 0.25) is 0 Å². The average Bonchev–Trinajstić information content (AvgIpc) is 2.88. The zero-order chi connectivity index (χ0) is 10.5. The molecule has 1 heterocycles. The number of alkyl halides is 1. The summed E-state index contributed by atoms with van der Waals surface area (Å²) in [5.41, 5.74) is 0. The smallest absolute Gasteiger partial charge is 0.315 e. The third-order valence-corrected chi connectivity index (χ3v) is 3.11. The van der Waals surface area contributed by atoms with Gasteiger partial charge in [0.25, 0.3) is 0 Å². The number of aromatic nitrogens is 2. The van der Waals surface area contributed by atoms with Crippen molar-refractivity contribution in [3.8, 4) is 0 Å². The fraction of sp³-hybridized carbons (Fsp3) is 0.800. The molecule has 0 amide bonds. The molecule has 1 saturated carbocycles. The number of hydrogen-bond acceptors (Lipinski definition) is 4. The van der Waals surface area contributed by atoms with Crippen molar-refractivity contribution in [1.29, 1.82) is 0 Å². The maximum atomic E-state index is 5.55. The minimum absolute atomic E-state index is 0.275. The highest BCUT2D eigenvalue weighted by molar-refractivity contribution is 6.16. The first-order valence-corrected chi connectivity index (χ1v) is 6.04. The summed E-state index contributed by atoms with van der Waals surface area (Å²) in [7, 11) is 0. The van der Waals surface area contributed by atoms with Gasteiger partial charge in [0.2, 0.25) is 5.89 Å². The van der Waals surface area contributed by atoms with Crippen molar-refractivity contribution in [2.24, 2.45) is 5.92 Å². The topological polar surface area (TPSA) is 51.0 Å². The third kappa shape index (κ3) is 3.09. The summed E-state index contributed by atoms with van der Waals surface area (Å²) in [5.74, 6) is 1.63. The van der Waals surface area contributed by atoms with Crippen LogP contribution in [0.25, 0.3) is 0 Å². The lowest BCUT2D eigenvalue weighted by Gasteiger charge is -2.07. The highest BCUT2D eigenvalue weighted by atomic mass is 35.5. The predicted molar refractivity (Wildman–Crippen MR) is 58.9 cm³/mol. The Kier molecular flexibility index (Phi) is 3.83. The molecule has 15 heavy (non-hydrogen) atoms. The molecule has 5 heteroatoms. The Morgan fingerprint density at radius 1 is 1.33 bits per heavy atom. The van der Waals surface area contributed by atoms with Crippen molar-refractivity contribution in [1.82, 2.24) is 10.2 Å². The van der Waals surface area contributed by atoms with Gasteiger partial charge in [0, 0.05) is 6.54 Å². The molecule has 1 N–H and O–H groups in total. The summed E-state index contributed by atoms with van der Waals surface area (Å²) in [6.07, 6.45) is 6.72. The van der Waals surface area contributed by atoms with Gasteiger partial charge in [-0.1, -0.05) is 30.8 Å². The first-order valence-electron chi connectivity index (χ1n) is 5.50. The molecule has 1 aromatic heterocycles. The summed E-state index contributed by atoms with van der Waals surface area (Å²) in [4.78, 5) is 0. The number of anilines is 1. The summed E-state index contributed by atoms with van der Waals surface area (Å²) >= 11 is 5.55.